The molecule has 5 nitrogen and oxygen atoms in total. The second-order valence-corrected chi connectivity index (χ2v) is 8.01. The average molecular weight is 376 g/mol. The van der Waals surface area contributed by atoms with E-state index in [1.807, 2.05) is 40.1 Å². The predicted molar refractivity (Wildman–Crippen MR) is 106 cm³/mol. The highest BCUT2D eigenvalue weighted by Gasteiger charge is 2.61. The van der Waals surface area contributed by atoms with Crippen molar-refractivity contribution in [1.82, 2.24) is 9.80 Å². The van der Waals surface area contributed by atoms with Crippen LogP contribution in [-0.2, 0) is 9.53 Å². The molecule has 3 heterocycles. The maximum atomic E-state index is 13.4. The number of benzene rings is 2. The molecule has 3 aliphatic heterocycles. The minimum absolute atomic E-state index is 0.0137. The van der Waals surface area contributed by atoms with Crippen molar-refractivity contribution in [1.29, 1.82) is 0 Å². The highest BCUT2D eigenvalue weighted by molar-refractivity contribution is 5.97. The van der Waals surface area contributed by atoms with E-state index in [9.17, 15) is 9.59 Å². The van der Waals surface area contributed by atoms with Gasteiger partial charge in [0.25, 0.3) is 5.91 Å². The maximum absolute atomic E-state index is 13.4. The molecule has 0 unspecified atom stereocenters. The molecule has 0 aromatic heterocycles. The van der Waals surface area contributed by atoms with Crippen LogP contribution in [-0.4, -0.2) is 53.1 Å². The molecule has 0 radical (unpaired) electrons. The van der Waals surface area contributed by atoms with Crippen LogP contribution in [0.25, 0.3) is 11.1 Å². The Morgan fingerprint density at radius 1 is 1.11 bits per heavy atom. The Hall–Kier alpha value is -2.66. The molecular weight excluding hydrogens is 352 g/mol. The predicted octanol–water partition coefficient (Wildman–Crippen LogP) is 3.23. The normalized spacial score (nSPS) is 26.3. The molecular formula is C23H24N2O3. The van der Waals surface area contributed by atoms with Gasteiger partial charge in [0.05, 0.1) is 19.1 Å². The average Bonchev–Trinajstić information content (AvgIpc) is 3.20. The summed E-state index contributed by atoms with van der Waals surface area (Å²) in [6, 6.07) is 15.9. The number of amides is 2. The molecule has 2 atom stereocenters. The molecule has 5 heteroatoms. The highest BCUT2D eigenvalue weighted by Crippen LogP contribution is 2.45. The Kier molecular flexibility index (Phi) is 4.02. The molecule has 0 bridgehead atoms. The molecule has 3 fully saturated rings. The van der Waals surface area contributed by atoms with Gasteiger partial charge in [0.2, 0.25) is 5.91 Å². The van der Waals surface area contributed by atoms with Crippen molar-refractivity contribution in [3.05, 3.63) is 59.7 Å². The van der Waals surface area contributed by atoms with Crippen molar-refractivity contribution in [2.75, 3.05) is 19.7 Å². The number of carbonyl (C=O) groups excluding carboxylic acids is 2. The molecule has 3 aliphatic rings. The Morgan fingerprint density at radius 2 is 1.89 bits per heavy atom. The number of carbonyl (C=O) groups is 2. The van der Waals surface area contributed by atoms with Crippen LogP contribution in [0, 0.1) is 6.92 Å². The zero-order valence-corrected chi connectivity index (χ0v) is 16.1. The van der Waals surface area contributed by atoms with Crippen molar-refractivity contribution >= 4 is 11.8 Å². The van der Waals surface area contributed by atoms with Crippen LogP contribution in [0.5, 0.6) is 0 Å². The lowest BCUT2D eigenvalue weighted by atomic mass is 10.0. The SMILES string of the molecule is Cc1cccc(-c2cccc(C(=O)N3CC[C@@]45OCCCN4C(=O)C[C@@H]35)c2)c1. The number of rotatable bonds is 2. The molecule has 2 aromatic carbocycles. The lowest BCUT2D eigenvalue weighted by molar-refractivity contribution is -0.179. The first kappa shape index (κ1) is 17.4. The third-order valence-electron chi connectivity index (χ3n) is 6.33. The van der Waals surface area contributed by atoms with Crippen molar-refractivity contribution in [2.24, 2.45) is 0 Å². The van der Waals surface area contributed by atoms with Gasteiger partial charge >= 0.3 is 0 Å². The molecule has 2 amide bonds. The van der Waals surface area contributed by atoms with Gasteiger partial charge in [-0.25, -0.2) is 0 Å². The van der Waals surface area contributed by atoms with Crippen molar-refractivity contribution in [3.8, 4) is 11.1 Å². The van der Waals surface area contributed by atoms with E-state index >= 15 is 0 Å². The fraction of sp³-hybridized carbons (Fsp3) is 0.391. The van der Waals surface area contributed by atoms with Crippen LogP contribution >= 0.6 is 0 Å². The largest absolute Gasteiger partial charge is 0.353 e. The topological polar surface area (TPSA) is 49.9 Å². The number of hydrogen-bond donors (Lipinski definition) is 0. The van der Waals surface area contributed by atoms with Gasteiger partial charge in [-0.1, -0.05) is 42.0 Å². The smallest absolute Gasteiger partial charge is 0.254 e. The Labute approximate surface area is 164 Å². The number of hydrogen-bond acceptors (Lipinski definition) is 3. The van der Waals surface area contributed by atoms with E-state index in [2.05, 4.69) is 25.1 Å². The van der Waals surface area contributed by atoms with E-state index in [0.29, 0.717) is 31.6 Å². The van der Waals surface area contributed by atoms with Crippen LogP contribution in [0.2, 0.25) is 0 Å². The Morgan fingerprint density at radius 3 is 2.71 bits per heavy atom. The first-order valence-corrected chi connectivity index (χ1v) is 10.0. The molecule has 2 aromatic rings. The van der Waals surface area contributed by atoms with Crippen LogP contribution in [0.1, 0.15) is 35.2 Å². The molecule has 0 saturated carbocycles. The molecule has 3 saturated heterocycles. The van der Waals surface area contributed by atoms with Crippen LogP contribution in [0.3, 0.4) is 0 Å². The summed E-state index contributed by atoms with van der Waals surface area (Å²) >= 11 is 0. The number of aryl methyl sites for hydroxylation is 1. The van der Waals surface area contributed by atoms with Gasteiger partial charge in [-0.05, 0) is 36.6 Å². The fourth-order valence-corrected chi connectivity index (χ4v) is 5.01. The zero-order valence-electron chi connectivity index (χ0n) is 16.1. The summed E-state index contributed by atoms with van der Waals surface area (Å²) in [5.74, 6) is 0.0934. The summed E-state index contributed by atoms with van der Waals surface area (Å²) in [4.78, 5) is 29.6. The van der Waals surface area contributed by atoms with Gasteiger partial charge in [-0.2, -0.15) is 0 Å². The van der Waals surface area contributed by atoms with Gasteiger partial charge in [-0.15, -0.1) is 0 Å². The summed E-state index contributed by atoms with van der Waals surface area (Å²) in [6.45, 7) is 4.09. The van der Waals surface area contributed by atoms with Gasteiger partial charge in [0.1, 0.15) is 0 Å². The van der Waals surface area contributed by atoms with Gasteiger partial charge in [-0.3, -0.25) is 9.59 Å². The second kappa shape index (κ2) is 6.45. The minimum atomic E-state index is -0.598. The summed E-state index contributed by atoms with van der Waals surface area (Å²) in [5.41, 5.74) is 3.39. The number of likely N-dealkylation sites (tertiary alicyclic amines) is 1. The van der Waals surface area contributed by atoms with E-state index in [4.69, 9.17) is 4.74 Å². The van der Waals surface area contributed by atoms with E-state index in [1.54, 1.807) is 0 Å². The van der Waals surface area contributed by atoms with Crippen molar-refractivity contribution in [3.63, 3.8) is 0 Å². The first-order chi connectivity index (χ1) is 13.6. The maximum Gasteiger partial charge on any atom is 0.254 e. The Bertz CT molecular complexity index is 956. The summed E-state index contributed by atoms with van der Waals surface area (Å²) in [6.07, 6.45) is 1.93. The fourth-order valence-electron chi connectivity index (χ4n) is 5.01. The van der Waals surface area contributed by atoms with E-state index < -0.39 is 5.72 Å². The lowest BCUT2D eigenvalue weighted by Crippen LogP contribution is -2.56. The van der Waals surface area contributed by atoms with Gasteiger partial charge < -0.3 is 14.5 Å². The molecule has 0 aliphatic carbocycles. The molecule has 5 rings (SSSR count). The Balaban J connectivity index is 1.45. The second-order valence-electron chi connectivity index (χ2n) is 8.01. The van der Waals surface area contributed by atoms with E-state index in [-0.39, 0.29) is 17.9 Å². The van der Waals surface area contributed by atoms with Crippen LogP contribution in [0.15, 0.2) is 48.5 Å². The monoisotopic (exact) mass is 376 g/mol. The summed E-state index contributed by atoms with van der Waals surface area (Å²) in [7, 11) is 0. The van der Waals surface area contributed by atoms with Gasteiger partial charge in [0, 0.05) is 25.1 Å². The minimum Gasteiger partial charge on any atom is -0.353 e. The van der Waals surface area contributed by atoms with Crippen molar-refractivity contribution in [2.45, 2.75) is 38.0 Å². The van der Waals surface area contributed by atoms with Gasteiger partial charge in [0.15, 0.2) is 5.72 Å². The molecule has 144 valence electrons. The first-order valence-electron chi connectivity index (χ1n) is 10.0. The molecule has 28 heavy (non-hydrogen) atoms. The third kappa shape index (κ3) is 2.57. The third-order valence-corrected chi connectivity index (χ3v) is 6.33. The lowest BCUT2D eigenvalue weighted by Gasteiger charge is -2.42. The number of ether oxygens (including phenoxy) is 1. The molecule has 0 N–H and O–H groups in total. The van der Waals surface area contributed by atoms with Crippen molar-refractivity contribution < 1.29 is 14.3 Å². The summed E-state index contributed by atoms with van der Waals surface area (Å²) < 4.78 is 6.12. The van der Waals surface area contributed by atoms with Crippen LogP contribution in [0.4, 0.5) is 0 Å². The quantitative estimate of drug-likeness (QED) is 0.809. The highest BCUT2D eigenvalue weighted by atomic mass is 16.5. The van der Waals surface area contributed by atoms with E-state index in [0.717, 1.165) is 24.1 Å². The zero-order chi connectivity index (χ0) is 19.3. The summed E-state index contributed by atoms with van der Waals surface area (Å²) in [5, 5.41) is 0. The van der Waals surface area contributed by atoms with E-state index in [1.165, 1.54) is 5.56 Å². The standard InChI is InChI=1S/C23H24N2O3/c1-16-5-2-6-17(13-16)18-7-3-8-19(14-18)22(27)24-11-9-23-20(24)15-21(26)25(23)10-4-12-28-23/h2-3,5-8,13-14,20H,4,9-12,15H2,1H3/t20-,23+/m1/s1. The molecule has 1 spiro atoms. The van der Waals surface area contributed by atoms with Crippen LogP contribution < -0.4 is 0 Å². The number of nitrogens with zero attached hydrogens (tertiary/aromatic N) is 2.